The number of carboxylic acids is 1. The molecule has 1 aromatic carbocycles. The lowest BCUT2D eigenvalue weighted by atomic mass is 9.95. The molecule has 2 amide bonds. The predicted molar refractivity (Wildman–Crippen MR) is 163 cm³/mol. The summed E-state index contributed by atoms with van der Waals surface area (Å²) in [7, 11) is 1.29. The predicted octanol–water partition coefficient (Wildman–Crippen LogP) is 3.63. The van der Waals surface area contributed by atoms with Crippen molar-refractivity contribution in [3.8, 4) is 0 Å². The van der Waals surface area contributed by atoms with Gasteiger partial charge in [0.2, 0.25) is 0 Å². The molecule has 0 spiro atoms. The Hall–Kier alpha value is -4.18. The van der Waals surface area contributed by atoms with Crippen molar-refractivity contribution in [3.05, 3.63) is 79.6 Å². The molecule has 228 valence electrons. The second kappa shape index (κ2) is 12.4. The molecule has 3 aliphatic heterocycles. The van der Waals surface area contributed by atoms with E-state index in [1.807, 2.05) is 5.38 Å². The normalized spacial score (nSPS) is 20.6. The van der Waals surface area contributed by atoms with Crippen molar-refractivity contribution >= 4 is 69.3 Å². The smallest absolute Gasteiger partial charge is 0.338 e. The van der Waals surface area contributed by atoms with E-state index in [4.69, 9.17) is 26.4 Å². The number of amidine groups is 1. The number of carbonyl (C=O) groups excluding carboxylic acids is 2. The van der Waals surface area contributed by atoms with Crippen LogP contribution in [0.1, 0.15) is 22.3 Å². The fourth-order valence-corrected chi connectivity index (χ4v) is 7.05. The average Bonchev–Trinajstić information content (AvgIpc) is 3.76. The summed E-state index contributed by atoms with van der Waals surface area (Å²) in [6, 6.07) is 2.79. The minimum Gasteiger partial charge on any atom is -0.478 e. The number of ether oxygens (including phenoxy) is 1. The highest BCUT2D eigenvalue weighted by molar-refractivity contribution is 7.14. The van der Waals surface area contributed by atoms with Gasteiger partial charge in [0.25, 0.3) is 0 Å². The molecule has 2 fully saturated rings. The lowest BCUT2D eigenvalue weighted by Crippen LogP contribution is -2.53. The summed E-state index contributed by atoms with van der Waals surface area (Å²) in [5.41, 5.74) is 1.71. The molecule has 2 saturated heterocycles. The Morgan fingerprint density at radius 3 is 2.84 bits per heavy atom. The second-order valence-corrected chi connectivity index (χ2v) is 12.2. The topological polar surface area (TPSA) is 141 Å². The number of nitrogens with one attached hydrogen (secondary N) is 1. The first-order chi connectivity index (χ1) is 21.2. The molecule has 0 aliphatic carbocycles. The van der Waals surface area contributed by atoms with Crippen LogP contribution in [0.2, 0.25) is 5.02 Å². The van der Waals surface area contributed by atoms with Crippen LogP contribution in [0.15, 0.2) is 57.5 Å². The Morgan fingerprint density at radius 1 is 1.27 bits per heavy atom. The Balaban J connectivity index is 1.26. The molecule has 16 heteroatoms. The Bertz CT molecular complexity index is 1710. The molecule has 12 nitrogen and oxygen atoms in total. The number of piperazine rings is 1. The molecule has 0 bridgehead atoms. The summed E-state index contributed by atoms with van der Waals surface area (Å²) >= 11 is 9.10. The molecule has 6 rings (SSSR count). The van der Waals surface area contributed by atoms with Crippen molar-refractivity contribution in [3.63, 3.8) is 0 Å². The number of amides is 2. The van der Waals surface area contributed by atoms with E-state index in [-0.39, 0.29) is 22.7 Å². The van der Waals surface area contributed by atoms with Crippen molar-refractivity contribution < 1.29 is 28.6 Å². The zero-order valence-corrected chi connectivity index (χ0v) is 25.5. The van der Waals surface area contributed by atoms with Crippen molar-refractivity contribution in [2.75, 3.05) is 44.7 Å². The number of thiazole rings is 2. The molecule has 3 aromatic rings. The number of benzene rings is 1. The van der Waals surface area contributed by atoms with E-state index in [1.54, 1.807) is 21.4 Å². The zero-order chi connectivity index (χ0) is 31.0. The van der Waals surface area contributed by atoms with Crippen molar-refractivity contribution in [1.82, 2.24) is 25.1 Å². The number of anilines is 1. The Morgan fingerprint density at radius 2 is 2.11 bits per heavy atom. The van der Waals surface area contributed by atoms with Gasteiger partial charge >= 0.3 is 18.0 Å². The molecule has 0 unspecified atom stereocenters. The third-order valence-electron chi connectivity index (χ3n) is 7.38. The van der Waals surface area contributed by atoms with Crippen LogP contribution in [0.4, 0.5) is 14.3 Å². The number of carboxylic acid groups (broad SMARTS) is 1. The van der Waals surface area contributed by atoms with Gasteiger partial charge in [-0.1, -0.05) is 17.7 Å². The van der Waals surface area contributed by atoms with Gasteiger partial charge in [0.1, 0.15) is 11.9 Å². The molecule has 0 saturated carbocycles. The van der Waals surface area contributed by atoms with E-state index >= 15 is 0 Å². The summed E-state index contributed by atoms with van der Waals surface area (Å²) < 4.78 is 19.1. The number of carbonyl (C=O) groups is 3. The molecule has 3 aliphatic rings. The SMILES string of the molecule is COC(=O)C1=C(CN2CCN3C(=O)N(c4nc(/C=C/C(=O)O)cs4)C[C@@H]3C2)NC(c2nccs2)=N[C@H]1c1ccc(F)cc1Cl. The number of aromatic nitrogens is 2. The highest BCUT2D eigenvalue weighted by atomic mass is 35.5. The monoisotopic (exact) mass is 657 g/mol. The summed E-state index contributed by atoms with van der Waals surface area (Å²) in [5.74, 6) is -1.74. The van der Waals surface area contributed by atoms with Gasteiger partial charge in [-0.3, -0.25) is 14.8 Å². The number of hydrogen-bond acceptors (Lipinski definition) is 11. The number of methoxy groups -OCH3 is 1. The van der Waals surface area contributed by atoms with E-state index < -0.39 is 23.8 Å². The van der Waals surface area contributed by atoms with Crippen molar-refractivity contribution in [1.29, 1.82) is 0 Å². The van der Waals surface area contributed by atoms with Gasteiger partial charge in [0.15, 0.2) is 16.0 Å². The van der Waals surface area contributed by atoms with Crippen LogP contribution >= 0.6 is 34.3 Å². The quantitative estimate of drug-likeness (QED) is 0.274. The maximum atomic E-state index is 13.9. The van der Waals surface area contributed by atoms with E-state index in [2.05, 4.69) is 20.2 Å². The van der Waals surface area contributed by atoms with Crippen LogP contribution in [0, 0.1) is 5.82 Å². The van der Waals surface area contributed by atoms with Gasteiger partial charge in [-0.05, 0) is 18.2 Å². The molecule has 0 radical (unpaired) electrons. The van der Waals surface area contributed by atoms with Crippen molar-refractivity contribution in [2.45, 2.75) is 12.1 Å². The Labute approximate surface area is 263 Å². The number of aliphatic imine (C=N–C) groups is 1. The number of fused-ring (bicyclic) bond motifs is 1. The van der Waals surface area contributed by atoms with Crippen LogP contribution in [0.25, 0.3) is 6.08 Å². The number of rotatable bonds is 8. The minimum absolute atomic E-state index is 0.127. The largest absolute Gasteiger partial charge is 0.478 e. The third kappa shape index (κ3) is 5.95. The molecule has 2 atom stereocenters. The molecular weight excluding hydrogens is 633 g/mol. The highest BCUT2D eigenvalue weighted by Crippen LogP contribution is 2.37. The van der Waals surface area contributed by atoms with Gasteiger partial charge in [-0.25, -0.2) is 28.7 Å². The van der Waals surface area contributed by atoms with Crippen LogP contribution < -0.4 is 10.2 Å². The maximum Gasteiger partial charge on any atom is 0.338 e. The van der Waals surface area contributed by atoms with Gasteiger partial charge in [-0.15, -0.1) is 22.7 Å². The summed E-state index contributed by atoms with van der Waals surface area (Å²) in [6.45, 7) is 2.22. The third-order valence-corrected chi connectivity index (χ3v) is 9.37. The number of halogens is 2. The first-order valence-corrected chi connectivity index (χ1v) is 15.5. The fraction of sp³-hybridized carbons (Fsp3) is 0.286. The van der Waals surface area contributed by atoms with Crippen molar-refractivity contribution in [2.24, 2.45) is 4.99 Å². The number of esters is 1. The van der Waals surface area contributed by atoms with Crippen LogP contribution in [0.3, 0.4) is 0 Å². The fourth-order valence-electron chi connectivity index (χ4n) is 5.40. The minimum atomic E-state index is -1.08. The lowest BCUT2D eigenvalue weighted by molar-refractivity contribution is -0.136. The van der Waals surface area contributed by atoms with Gasteiger partial charge < -0.3 is 20.1 Å². The highest BCUT2D eigenvalue weighted by Gasteiger charge is 2.43. The van der Waals surface area contributed by atoms with Gasteiger partial charge in [-0.2, -0.15) is 0 Å². The first kappa shape index (κ1) is 29.9. The summed E-state index contributed by atoms with van der Waals surface area (Å²) in [4.78, 5) is 56.5. The van der Waals surface area contributed by atoms with Crippen LogP contribution in [-0.4, -0.2) is 94.6 Å². The van der Waals surface area contributed by atoms with E-state index in [1.165, 1.54) is 54.1 Å². The van der Waals surface area contributed by atoms with Gasteiger partial charge in [0, 0.05) is 65.5 Å². The summed E-state index contributed by atoms with van der Waals surface area (Å²) in [5, 5.41) is 16.9. The number of nitrogens with zero attached hydrogens (tertiary/aromatic N) is 6. The first-order valence-electron chi connectivity index (χ1n) is 13.4. The average molecular weight is 658 g/mol. The number of hydrogen-bond donors (Lipinski definition) is 2. The van der Waals surface area contributed by atoms with E-state index in [9.17, 15) is 18.8 Å². The van der Waals surface area contributed by atoms with E-state index in [0.717, 1.165) is 6.08 Å². The summed E-state index contributed by atoms with van der Waals surface area (Å²) in [6.07, 6.45) is 4.04. The molecule has 5 heterocycles. The van der Waals surface area contributed by atoms with Crippen LogP contribution in [0.5, 0.6) is 0 Å². The molecule has 2 aromatic heterocycles. The molecular formula is C28H25ClFN7O5S2. The Kier molecular flexibility index (Phi) is 8.44. The number of urea groups is 1. The second-order valence-electron chi connectivity index (χ2n) is 10.1. The molecule has 2 N–H and O–H groups in total. The number of aliphatic carboxylic acids is 1. The maximum absolute atomic E-state index is 13.9. The lowest BCUT2D eigenvalue weighted by Gasteiger charge is -2.38. The standard InChI is InChI=1S/C28H25ClFN7O5S2/c1-42-26(40)22-20(33-24(25-31-6-9-43-25)34-23(22)18-4-2-15(30)10-19(18)29)13-35-7-8-36-17(11-35)12-37(28(36)41)27-32-16(14-44-27)3-5-21(38)39/h2-6,9-10,14,17,23H,7-8,11-13H2,1H3,(H,33,34)(H,38,39)/b5-3+/t17-,23-/m0/s1. The van der Waals surface area contributed by atoms with Gasteiger partial charge in [0.05, 0.1) is 31.0 Å². The molecule has 44 heavy (non-hydrogen) atoms. The zero-order valence-electron chi connectivity index (χ0n) is 23.1. The van der Waals surface area contributed by atoms with E-state index in [0.29, 0.717) is 65.7 Å². The van der Waals surface area contributed by atoms with Crippen LogP contribution in [-0.2, 0) is 14.3 Å².